The molecule has 1 fully saturated rings. The van der Waals surface area contributed by atoms with Gasteiger partial charge in [-0.05, 0) is 19.1 Å². The van der Waals surface area contributed by atoms with E-state index in [2.05, 4.69) is 22.0 Å². The molecule has 1 saturated heterocycles. The highest BCUT2D eigenvalue weighted by molar-refractivity contribution is 5.42. The summed E-state index contributed by atoms with van der Waals surface area (Å²) in [7, 11) is 0. The lowest BCUT2D eigenvalue weighted by Gasteiger charge is -2.29. The van der Waals surface area contributed by atoms with E-state index in [1.54, 1.807) is 18.4 Å². The van der Waals surface area contributed by atoms with Gasteiger partial charge in [0, 0.05) is 13.1 Å². The highest BCUT2D eigenvalue weighted by Crippen LogP contribution is 2.18. The number of aromatic nitrogens is 2. The van der Waals surface area contributed by atoms with Gasteiger partial charge in [0.25, 0.3) is 5.89 Å². The number of hydrogen-bond acceptors (Lipinski definition) is 6. The molecule has 0 bridgehead atoms. The minimum absolute atomic E-state index is 0.256. The summed E-state index contributed by atoms with van der Waals surface area (Å²) in [5, 5.41) is 8.01. The molecule has 1 atom stereocenters. The summed E-state index contributed by atoms with van der Waals surface area (Å²) in [6.45, 7) is 5.25. The number of ether oxygens (including phenoxy) is 1. The second kappa shape index (κ2) is 4.91. The van der Waals surface area contributed by atoms with Crippen molar-refractivity contribution in [3.63, 3.8) is 0 Å². The van der Waals surface area contributed by atoms with Crippen LogP contribution in [0.2, 0.25) is 0 Å². The van der Waals surface area contributed by atoms with Gasteiger partial charge < -0.3 is 13.6 Å². The van der Waals surface area contributed by atoms with Crippen molar-refractivity contribution in [2.45, 2.75) is 19.6 Å². The summed E-state index contributed by atoms with van der Waals surface area (Å²) in [5.74, 6) is 1.64. The molecule has 3 heterocycles. The monoisotopic (exact) mass is 249 g/mol. The van der Waals surface area contributed by atoms with Crippen LogP contribution in [0.15, 0.2) is 27.2 Å². The molecule has 1 aliphatic rings. The molecule has 2 aromatic rings. The van der Waals surface area contributed by atoms with E-state index in [0.29, 0.717) is 24.1 Å². The Labute approximate surface area is 105 Å². The fourth-order valence-electron chi connectivity index (χ4n) is 2.04. The van der Waals surface area contributed by atoms with E-state index in [4.69, 9.17) is 13.6 Å². The van der Waals surface area contributed by atoms with Crippen LogP contribution in [0.3, 0.4) is 0 Å². The molecule has 3 rings (SSSR count). The van der Waals surface area contributed by atoms with E-state index >= 15 is 0 Å². The standard InChI is InChI=1S/C12H15N3O3/c1-9-7-15(4-6-16-9)8-11-13-14-12(18-11)10-3-2-5-17-10/h2-3,5,9H,4,6-8H2,1H3. The molecule has 0 aromatic carbocycles. The zero-order chi connectivity index (χ0) is 12.4. The summed E-state index contributed by atoms with van der Waals surface area (Å²) in [6.07, 6.45) is 1.84. The molecule has 0 N–H and O–H groups in total. The summed E-state index contributed by atoms with van der Waals surface area (Å²) in [6, 6.07) is 3.59. The van der Waals surface area contributed by atoms with Gasteiger partial charge in [0.1, 0.15) is 0 Å². The van der Waals surface area contributed by atoms with Crippen LogP contribution in [0, 0.1) is 0 Å². The second-order valence-corrected chi connectivity index (χ2v) is 4.39. The lowest BCUT2D eigenvalue weighted by Crippen LogP contribution is -2.40. The third kappa shape index (κ3) is 2.44. The van der Waals surface area contributed by atoms with Crippen molar-refractivity contribution in [2.75, 3.05) is 19.7 Å². The summed E-state index contributed by atoms with van der Waals surface area (Å²) in [5.41, 5.74) is 0. The van der Waals surface area contributed by atoms with Crippen LogP contribution in [0.1, 0.15) is 12.8 Å². The third-order valence-electron chi connectivity index (χ3n) is 2.88. The Morgan fingerprint density at radius 2 is 2.39 bits per heavy atom. The molecule has 0 amide bonds. The van der Waals surface area contributed by atoms with Crippen molar-refractivity contribution in [1.29, 1.82) is 0 Å². The average Bonchev–Trinajstić information content (AvgIpc) is 2.98. The Balaban J connectivity index is 1.66. The second-order valence-electron chi connectivity index (χ2n) is 4.39. The first-order chi connectivity index (χ1) is 8.81. The van der Waals surface area contributed by atoms with Crippen LogP contribution >= 0.6 is 0 Å². The molecule has 1 aliphatic heterocycles. The highest BCUT2D eigenvalue weighted by Gasteiger charge is 2.19. The van der Waals surface area contributed by atoms with E-state index in [1.807, 2.05) is 0 Å². The Morgan fingerprint density at radius 1 is 1.44 bits per heavy atom. The maximum absolute atomic E-state index is 5.57. The molecule has 6 heteroatoms. The topological polar surface area (TPSA) is 64.5 Å². The maximum atomic E-state index is 5.57. The van der Waals surface area contributed by atoms with Gasteiger partial charge in [-0.25, -0.2) is 0 Å². The van der Waals surface area contributed by atoms with Crippen molar-refractivity contribution < 1.29 is 13.6 Å². The number of hydrogen-bond donors (Lipinski definition) is 0. The summed E-state index contributed by atoms with van der Waals surface area (Å²) >= 11 is 0. The van der Waals surface area contributed by atoms with Gasteiger partial charge in [0.2, 0.25) is 5.89 Å². The van der Waals surface area contributed by atoms with Crippen molar-refractivity contribution in [3.05, 3.63) is 24.3 Å². The molecular weight excluding hydrogens is 234 g/mol. The van der Waals surface area contributed by atoms with Crippen LogP contribution in [0.4, 0.5) is 0 Å². The Bertz CT molecular complexity index is 494. The molecule has 96 valence electrons. The molecule has 0 aliphatic carbocycles. The van der Waals surface area contributed by atoms with Crippen LogP contribution < -0.4 is 0 Å². The molecule has 18 heavy (non-hydrogen) atoms. The largest absolute Gasteiger partial charge is 0.459 e. The van der Waals surface area contributed by atoms with Crippen molar-refractivity contribution in [1.82, 2.24) is 15.1 Å². The lowest BCUT2D eigenvalue weighted by atomic mass is 10.3. The molecule has 0 spiro atoms. The van der Waals surface area contributed by atoms with Gasteiger partial charge in [-0.15, -0.1) is 10.2 Å². The van der Waals surface area contributed by atoms with Gasteiger partial charge in [-0.3, -0.25) is 4.90 Å². The fraction of sp³-hybridized carbons (Fsp3) is 0.500. The first-order valence-electron chi connectivity index (χ1n) is 6.01. The summed E-state index contributed by atoms with van der Waals surface area (Å²) in [4.78, 5) is 2.24. The smallest absolute Gasteiger partial charge is 0.283 e. The average molecular weight is 249 g/mol. The zero-order valence-corrected chi connectivity index (χ0v) is 10.2. The number of rotatable bonds is 3. The van der Waals surface area contributed by atoms with Gasteiger partial charge in [-0.2, -0.15) is 0 Å². The minimum atomic E-state index is 0.256. The van der Waals surface area contributed by atoms with Crippen LogP contribution in [0.5, 0.6) is 0 Å². The van der Waals surface area contributed by atoms with E-state index in [-0.39, 0.29) is 6.10 Å². The van der Waals surface area contributed by atoms with E-state index in [0.717, 1.165) is 19.7 Å². The molecule has 0 saturated carbocycles. The number of nitrogens with zero attached hydrogens (tertiary/aromatic N) is 3. The quantitative estimate of drug-likeness (QED) is 0.822. The predicted octanol–water partition coefficient (Wildman–Crippen LogP) is 1.55. The van der Waals surface area contributed by atoms with Crippen LogP contribution in [0.25, 0.3) is 11.7 Å². The third-order valence-corrected chi connectivity index (χ3v) is 2.88. The fourth-order valence-corrected chi connectivity index (χ4v) is 2.04. The highest BCUT2D eigenvalue weighted by atomic mass is 16.5. The van der Waals surface area contributed by atoms with Crippen molar-refractivity contribution in [3.8, 4) is 11.7 Å². The van der Waals surface area contributed by atoms with Crippen molar-refractivity contribution in [2.24, 2.45) is 0 Å². The van der Waals surface area contributed by atoms with Gasteiger partial charge in [0.15, 0.2) is 5.76 Å². The number of morpholine rings is 1. The lowest BCUT2D eigenvalue weighted by molar-refractivity contribution is -0.0235. The van der Waals surface area contributed by atoms with Crippen molar-refractivity contribution >= 4 is 0 Å². The number of furan rings is 1. The van der Waals surface area contributed by atoms with Crippen LogP contribution in [-0.2, 0) is 11.3 Å². The normalized spacial score (nSPS) is 21.3. The summed E-state index contributed by atoms with van der Waals surface area (Å²) < 4.78 is 16.3. The SMILES string of the molecule is CC1CN(Cc2nnc(-c3ccco3)o2)CCO1. The van der Waals surface area contributed by atoms with Gasteiger partial charge in [-0.1, -0.05) is 0 Å². The van der Waals surface area contributed by atoms with Gasteiger partial charge >= 0.3 is 0 Å². The Hall–Kier alpha value is -1.66. The van der Waals surface area contributed by atoms with E-state index in [1.165, 1.54) is 0 Å². The molecular formula is C12H15N3O3. The predicted molar refractivity (Wildman–Crippen MR) is 62.7 cm³/mol. The Morgan fingerprint density at radius 3 is 3.17 bits per heavy atom. The van der Waals surface area contributed by atoms with E-state index < -0.39 is 0 Å². The molecule has 0 radical (unpaired) electrons. The maximum Gasteiger partial charge on any atom is 0.283 e. The molecule has 2 aromatic heterocycles. The van der Waals surface area contributed by atoms with E-state index in [9.17, 15) is 0 Å². The first kappa shape index (κ1) is 11.4. The Kier molecular flexibility index (Phi) is 3.12. The minimum Gasteiger partial charge on any atom is -0.459 e. The zero-order valence-electron chi connectivity index (χ0n) is 10.2. The van der Waals surface area contributed by atoms with Gasteiger partial charge in [0.05, 0.1) is 25.5 Å². The first-order valence-corrected chi connectivity index (χ1v) is 6.01. The molecule has 6 nitrogen and oxygen atoms in total. The van der Waals surface area contributed by atoms with Crippen LogP contribution in [-0.4, -0.2) is 40.9 Å². The molecule has 1 unspecified atom stereocenters.